The van der Waals surface area contributed by atoms with E-state index in [2.05, 4.69) is 11.4 Å². The number of carbonyl (C=O) groups excluding carboxylic acids is 2. The molecule has 1 fully saturated rings. The number of thioether (sulfide) groups is 1. The normalized spacial score (nSPS) is 24.2. The summed E-state index contributed by atoms with van der Waals surface area (Å²) in [5, 5.41) is 2.59. The topological polar surface area (TPSA) is 49.4 Å². The second-order valence-electron chi connectivity index (χ2n) is 4.92. The fourth-order valence-corrected chi connectivity index (χ4v) is 4.12. The quantitative estimate of drug-likeness (QED) is 0.587. The van der Waals surface area contributed by atoms with Crippen LogP contribution < -0.4 is 10.2 Å². The van der Waals surface area contributed by atoms with Crippen molar-refractivity contribution in [3.05, 3.63) is 34.2 Å². The summed E-state index contributed by atoms with van der Waals surface area (Å²) in [6.07, 6.45) is 1.94. The number of benzene rings is 1. The number of carbonyl (C=O) groups is 2. The van der Waals surface area contributed by atoms with Gasteiger partial charge in [0.1, 0.15) is 4.32 Å². The monoisotopic (exact) mass is 302 g/mol. The molecule has 0 aromatic heterocycles. The van der Waals surface area contributed by atoms with E-state index in [1.54, 1.807) is 4.90 Å². The SMILES string of the molecule is O=C1NC(=S)S/C1=C1\C(=O)N2CCCc3cccc1c32. The predicted octanol–water partition coefficient (Wildman–Crippen LogP) is 1.84. The number of amides is 2. The molecule has 3 aliphatic heterocycles. The van der Waals surface area contributed by atoms with Gasteiger partial charge < -0.3 is 10.2 Å². The van der Waals surface area contributed by atoms with Gasteiger partial charge in [-0.25, -0.2) is 0 Å². The molecule has 0 saturated carbocycles. The molecule has 0 spiro atoms. The summed E-state index contributed by atoms with van der Waals surface area (Å²) in [5.41, 5.74) is 3.54. The van der Waals surface area contributed by atoms with E-state index in [4.69, 9.17) is 12.2 Å². The molecule has 0 unspecified atom stereocenters. The lowest BCUT2D eigenvalue weighted by Crippen LogP contribution is -2.31. The van der Waals surface area contributed by atoms with Crippen molar-refractivity contribution in [3.63, 3.8) is 0 Å². The van der Waals surface area contributed by atoms with Crippen LogP contribution in [-0.2, 0) is 16.0 Å². The number of hydrogen-bond acceptors (Lipinski definition) is 4. The Morgan fingerprint density at radius 2 is 2.15 bits per heavy atom. The molecule has 0 radical (unpaired) electrons. The van der Waals surface area contributed by atoms with E-state index in [-0.39, 0.29) is 11.8 Å². The van der Waals surface area contributed by atoms with Gasteiger partial charge in [0.15, 0.2) is 0 Å². The molecule has 1 aromatic carbocycles. The third-order valence-corrected chi connectivity index (χ3v) is 5.02. The minimum Gasteiger partial charge on any atom is -0.307 e. The Morgan fingerprint density at radius 1 is 1.30 bits per heavy atom. The molecule has 6 heteroatoms. The predicted molar refractivity (Wildman–Crippen MR) is 82.4 cm³/mol. The number of para-hydroxylation sites is 1. The summed E-state index contributed by atoms with van der Waals surface area (Å²) < 4.78 is 0.413. The zero-order valence-electron chi connectivity index (χ0n) is 10.4. The first-order chi connectivity index (χ1) is 9.66. The summed E-state index contributed by atoms with van der Waals surface area (Å²) in [4.78, 5) is 26.9. The zero-order valence-corrected chi connectivity index (χ0v) is 12.1. The van der Waals surface area contributed by atoms with Gasteiger partial charge in [-0.3, -0.25) is 9.59 Å². The van der Waals surface area contributed by atoms with Crippen LogP contribution in [0.4, 0.5) is 5.69 Å². The molecule has 3 aliphatic rings. The highest BCUT2D eigenvalue weighted by Gasteiger charge is 2.40. The van der Waals surface area contributed by atoms with Crippen LogP contribution in [0.1, 0.15) is 17.5 Å². The van der Waals surface area contributed by atoms with E-state index in [1.165, 1.54) is 17.3 Å². The van der Waals surface area contributed by atoms with Gasteiger partial charge in [0.05, 0.1) is 16.2 Å². The van der Waals surface area contributed by atoms with Crippen LogP contribution in [0.25, 0.3) is 5.57 Å². The highest BCUT2D eigenvalue weighted by atomic mass is 32.2. The van der Waals surface area contributed by atoms with Crippen molar-refractivity contribution in [1.82, 2.24) is 5.32 Å². The molecule has 0 bridgehead atoms. The molecule has 4 nitrogen and oxygen atoms in total. The molecule has 100 valence electrons. The van der Waals surface area contributed by atoms with Crippen molar-refractivity contribution in [3.8, 4) is 0 Å². The molecule has 0 atom stereocenters. The van der Waals surface area contributed by atoms with Gasteiger partial charge in [-0.1, -0.05) is 42.2 Å². The molecule has 0 aliphatic carbocycles. The minimum absolute atomic E-state index is 0.0745. The Labute approximate surface area is 125 Å². The average molecular weight is 302 g/mol. The van der Waals surface area contributed by atoms with Gasteiger partial charge >= 0.3 is 0 Å². The van der Waals surface area contributed by atoms with Gasteiger partial charge in [-0.15, -0.1) is 0 Å². The number of thiocarbonyl (C=S) groups is 1. The maximum atomic E-state index is 12.7. The molecule has 1 aromatic rings. The Hall–Kier alpha value is -1.66. The van der Waals surface area contributed by atoms with Crippen molar-refractivity contribution in [2.45, 2.75) is 12.8 Å². The fraction of sp³-hybridized carbons (Fsp3) is 0.214. The summed E-state index contributed by atoms with van der Waals surface area (Å²) in [6, 6.07) is 5.92. The van der Waals surface area contributed by atoms with Gasteiger partial charge in [-0.2, -0.15) is 0 Å². The van der Waals surface area contributed by atoms with E-state index < -0.39 is 0 Å². The number of rotatable bonds is 0. The maximum absolute atomic E-state index is 12.7. The average Bonchev–Trinajstić information content (AvgIpc) is 2.90. The molecule has 4 rings (SSSR count). The Kier molecular flexibility index (Phi) is 2.52. The van der Waals surface area contributed by atoms with Crippen LogP contribution in [0, 0.1) is 0 Å². The number of nitrogens with zero attached hydrogens (tertiary/aromatic N) is 1. The first-order valence-corrected chi connectivity index (χ1v) is 7.61. The molecule has 2 amide bonds. The van der Waals surface area contributed by atoms with Gasteiger partial charge in [0.25, 0.3) is 11.8 Å². The van der Waals surface area contributed by atoms with Gasteiger partial charge in [0.2, 0.25) is 0 Å². The fourth-order valence-electron chi connectivity index (χ4n) is 3.00. The van der Waals surface area contributed by atoms with Crippen molar-refractivity contribution in [2.75, 3.05) is 11.4 Å². The molecule has 1 N–H and O–H groups in total. The van der Waals surface area contributed by atoms with E-state index in [9.17, 15) is 9.59 Å². The standard InChI is InChI=1S/C14H10N2O2S2/c17-12-11(20-14(19)15-12)9-8-5-1-3-7-4-2-6-16(10(7)8)13(9)18/h1,3,5H,2,4,6H2,(H,15,17,19)/b11-9-. The van der Waals surface area contributed by atoms with Gasteiger partial charge in [0, 0.05) is 12.1 Å². The number of aryl methyl sites for hydroxylation is 1. The lowest BCUT2D eigenvalue weighted by Gasteiger charge is -2.24. The molecule has 1 saturated heterocycles. The van der Waals surface area contributed by atoms with Crippen LogP contribution in [0.15, 0.2) is 23.1 Å². The summed E-state index contributed by atoms with van der Waals surface area (Å²) in [5.74, 6) is -0.338. The molecule has 20 heavy (non-hydrogen) atoms. The summed E-state index contributed by atoms with van der Waals surface area (Å²) in [6.45, 7) is 0.719. The van der Waals surface area contributed by atoms with E-state index in [1.807, 2.05) is 12.1 Å². The minimum atomic E-state index is -0.263. The second kappa shape index (κ2) is 4.17. The van der Waals surface area contributed by atoms with Crippen LogP contribution in [-0.4, -0.2) is 22.7 Å². The van der Waals surface area contributed by atoms with E-state index >= 15 is 0 Å². The summed E-state index contributed by atoms with van der Waals surface area (Å²) >= 11 is 6.19. The molecular formula is C14H10N2O2S2. The number of nitrogens with one attached hydrogen (secondary N) is 1. The molecule has 3 heterocycles. The van der Waals surface area contributed by atoms with E-state index in [0.29, 0.717) is 14.8 Å². The summed E-state index contributed by atoms with van der Waals surface area (Å²) in [7, 11) is 0. The zero-order chi connectivity index (χ0) is 13.9. The highest BCUT2D eigenvalue weighted by Crippen LogP contribution is 2.45. The van der Waals surface area contributed by atoms with E-state index in [0.717, 1.165) is 30.6 Å². The van der Waals surface area contributed by atoms with Crippen molar-refractivity contribution in [2.24, 2.45) is 0 Å². The van der Waals surface area contributed by atoms with Crippen molar-refractivity contribution in [1.29, 1.82) is 0 Å². The lowest BCUT2D eigenvalue weighted by atomic mass is 9.98. The number of anilines is 1. The smallest absolute Gasteiger partial charge is 0.264 e. The first-order valence-electron chi connectivity index (χ1n) is 6.38. The Bertz CT molecular complexity index is 724. The number of hydrogen-bond donors (Lipinski definition) is 1. The molecular weight excluding hydrogens is 292 g/mol. The maximum Gasteiger partial charge on any atom is 0.264 e. The van der Waals surface area contributed by atoms with Crippen molar-refractivity contribution >= 4 is 51.4 Å². The Balaban J connectivity index is 1.99. The Morgan fingerprint density at radius 3 is 2.90 bits per heavy atom. The van der Waals surface area contributed by atoms with Crippen LogP contribution in [0.5, 0.6) is 0 Å². The third kappa shape index (κ3) is 1.52. The van der Waals surface area contributed by atoms with Crippen LogP contribution in [0.3, 0.4) is 0 Å². The van der Waals surface area contributed by atoms with Crippen molar-refractivity contribution < 1.29 is 9.59 Å². The van der Waals surface area contributed by atoms with Crippen LogP contribution in [0.2, 0.25) is 0 Å². The largest absolute Gasteiger partial charge is 0.307 e. The van der Waals surface area contributed by atoms with Gasteiger partial charge in [-0.05, 0) is 18.4 Å². The second-order valence-corrected chi connectivity index (χ2v) is 6.61. The highest BCUT2D eigenvalue weighted by molar-refractivity contribution is 8.27. The first kappa shape index (κ1) is 12.1. The van der Waals surface area contributed by atoms with Crippen LogP contribution >= 0.6 is 24.0 Å². The lowest BCUT2D eigenvalue weighted by molar-refractivity contribution is -0.116. The third-order valence-electron chi connectivity index (χ3n) is 3.79.